The van der Waals surface area contributed by atoms with Gasteiger partial charge >= 0.3 is 5.95 Å². The predicted molar refractivity (Wildman–Crippen MR) is 91.0 cm³/mol. The van der Waals surface area contributed by atoms with Gasteiger partial charge in [0.2, 0.25) is 0 Å². The Morgan fingerprint density at radius 2 is 1.70 bits per heavy atom. The van der Waals surface area contributed by atoms with Crippen LogP contribution in [-0.2, 0) is 0 Å². The number of nitrogen functional groups attached to an aromatic ring is 1. The second-order valence-electron chi connectivity index (χ2n) is 5.26. The molecule has 0 aliphatic rings. The van der Waals surface area contributed by atoms with Crippen LogP contribution in [0.2, 0.25) is 0 Å². The number of nitrogens with zero attached hydrogens (tertiary/aromatic N) is 2. The molecule has 0 spiro atoms. The topological polar surface area (TPSA) is 64.0 Å². The highest BCUT2D eigenvalue weighted by atomic mass is 16.5. The SMILES string of the molecule is COc1ccc(Nc2nc(-c3ccc(C)cc3)cc[n+]2N)cc1. The summed E-state index contributed by atoms with van der Waals surface area (Å²) in [7, 11) is 1.64. The Kier molecular flexibility index (Phi) is 4.10. The van der Waals surface area contributed by atoms with E-state index < -0.39 is 0 Å². The third kappa shape index (κ3) is 3.40. The Balaban J connectivity index is 1.89. The van der Waals surface area contributed by atoms with Crippen LogP contribution in [0.5, 0.6) is 5.75 Å². The quantitative estimate of drug-likeness (QED) is 0.574. The van der Waals surface area contributed by atoms with E-state index in [-0.39, 0.29) is 0 Å². The highest BCUT2D eigenvalue weighted by molar-refractivity contribution is 5.61. The van der Waals surface area contributed by atoms with Crippen LogP contribution >= 0.6 is 0 Å². The van der Waals surface area contributed by atoms with Gasteiger partial charge in [-0.2, -0.15) is 0 Å². The minimum atomic E-state index is 0.563. The van der Waals surface area contributed by atoms with Gasteiger partial charge in [0.25, 0.3) is 0 Å². The second kappa shape index (κ2) is 6.36. The van der Waals surface area contributed by atoms with E-state index in [4.69, 9.17) is 10.6 Å². The largest absolute Gasteiger partial charge is 0.497 e. The van der Waals surface area contributed by atoms with Gasteiger partial charge in [-0.1, -0.05) is 34.8 Å². The van der Waals surface area contributed by atoms with Gasteiger partial charge < -0.3 is 4.74 Å². The first-order valence-corrected chi connectivity index (χ1v) is 7.31. The maximum absolute atomic E-state index is 5.96. The molecule has 0 aliphatic carbocycles. The van der Waals surface area contributed by atoms with Crippen LogP contribution in [0.1, 0.15) is 5.56 Å². The summed E-state index contributed by atoms with van der Waals surface area (Å²) in [6, 6.07) is 17.7. The lowest BCUT2D eigenvalue weighted by molar-refractivity contribution is -0.626. The van der Waals surface area contributed by atoms with E-state index in [9.17, 15) is 0 Å². The number of methoxy groups -OCH3 is 1. The molecule has 3 rings (SSSR count). The summed E-state index contributed by atoms with van der Waals surface area (Å²) >= 11 is 0. The fraction of sp³-hybridized carbons (Fsp3) is 0.111. The molecule has 3 N–H and O–H groups in total. The molecule has 5 nitrogen and oxygen atoms in total. The van der Waals surface area contributed by atoms with Crippen LogP contribution in [0.4, 0.5) is 11.6 Å². The van der Waals surface area contributed by atoms with Gasteiger partial charge in [0.15, 0.2) is 5.69 Å². The normalized spacial score (nSPS) is 10.3. The van der Waals surface area contributed by atoms with E-state index in [2.05, 4.69) is 41.5 Å². The molecule has 0 atom stereocenters. The van der Waals surface area contributed by atoms with Crippen molar-refractivity contribution in [3.63, 3.8) is 0 Å². The summed E-state index contributed by atoms with van der Waals surface area (Å²) < 4.78 is 6.62. The first kappa shape index (κ1) is 14.8. The van der Waals surface area contributed by atoms with E-state index in [1.54, 1.807) is 13.3 Å². The van der Waals surface area contributed by atoms with Gasteiger partial charge in [0, 0.05) is 11.6 Å². The van der Waals surface area contributed by atoms with E-state index in [1.165, 1.54) is 10.2 Å². The maximum Gasteiger partial charge on any atom is 0.418 e. The number of nitrogens with two attached hydrogens (primary N) is 1. The first-order chi connectivity index (χ1) is 11.2. The number of nitrogens with one attached hydrogen (secondary N) is 1. The van der Waals surface area contributed by atoms with Crippen LogP contribution in [0, 0.1) is 6.92 Å². The fourth-order valence-electron chi connectivity index (χ4n) is 2.21. The molecule has 0 saturated carbocycles. The lowest BCUT2D eigenvalue weighted by Gasteiger charge is -2.05. The molecule has 0 saturated heterocycles. The molecule has 0 fully saturated rings. The van der Waals surface area contributed by atoms with Crippen LogP contribution in [0.3, 0.4) is 0 Å². The van der Waals surface area contributed by atoms with Crippen molar-refractivity contribution < 1.29 is 9.41 Å². The average Bonchev–Trinajstić information content (AvgIpc) is 2.58. The van der Waals surface area contributed by atoms with Gasteiger partial charge in [0.05, 0.1) is 19.0 Å². The number of anilines is 2. The van der Waals surface area contributed by atoms with E-state index >= 15 is 0 Å². The van der Waals surface area contributed by atoms with Crippen molar-refractivity contribution in [3.05, 3.63) is 66.4 Å². The molecule has 0 amide bonds. The Labute approximate surface area is 135 Å². The standard InChI is InChI=1S/C18H18N4O/c1-13-3-5-14(6-4-13)17-11-12-22(19)18(21-17)20-15-7-9-16(23-2)10-8-15/h3-12H,19H2,1-2H3/p+1. The smallest absolute Gasteiger partial charge is 0.418 e. The molecule has 5 heteroatoms. The summed E-state index contributed by atoms with van der Waals surface area (Å²) in [5.41, 5.74) is 4.02. The van der Waals surface area contributed by atoms with E-state index in [0.717, 1.165) is 22.7 Å². The van der Waals surface area contributed by atoms with Crippen molar-refractivity contribution in [2.75, 3.05) is 18.3 Å². The lowest BCUT2D eigenvalue weighted by Crippen LogP contribution is -2.46. The molecule has 2 aromatic carbocycles. The zero-order valence-corrected chi connectivity index (χ0v) is 13.2. The number of rotatable bonds is 4. The van der Waals surface area contributed by atoms with Crippen molar-refractivity contribution in [1.82, 2.24) is 4.98 Å². The van der Waals surface area contributed by atoms with Gasteiger partial charge in [-0.25, -0.2) is 5.32 Å². The molecular weight excluding hydrogens is 288 g/mol. The number of aromatic nitrogens is 2. The van der Waals surface area contributed by atoms with Gasteiger partial charge in [-0.3, -0.25) is 5.84 Å². The second-order valence-corrected chi connectivity index (χ2v) is 5.26. The molecule has 3 aromatic rings. The fourth-order valence-corrected chi connectivity index (χ4v) is 2.21. The summed E-state index contributed by atoms with van der Waals surface area (Å²) in [6.07, 6.45) is 1.79. The molecule has 0 radical (unpaired) electrons. The van der Waals surface area contributed by atoms with Crippen LogP contribution < -0.4 is 20.6 Å². The summed E-state index contributed by atoms with van der Waals surface area (Å²) in [5.74, 6) is 7.33. The third-order valence-electron chi connectivity index (χ3n) is 3.56. The molecule has 0 bridgehead atoms. The zero-order valence-electron chi connectivity index (χ0n) is 13.2. The number of hydrogen-bond donors (Lipinski definition) is 2. The van der Waals surface area contributed by atoms with Crippen LogP contribution in [-0.4, -0.2) is 12.1 Å². The molecule has 0 aliphatic heterocycles. The molecule has 1 aromatic heterocycles. The summed E-state index contributed by atoms with van der Waals surface area (Å²) in [5, 5.41) is 3.22. The number of aryl methyl sites for hydroxylation is 1. The van der Waals surface area contributed by atoms with Gasteiger partial charge in [-0.05, 0) is 31.2 Å². The van der Waals surface area contributed by atoms with E-state index in [1.807, 2.05) is 30.3 Å². The van der Waals surface area contributed by atoms with Crippen LogP contribution in [0.25, 0.3) is 11.3 Å². The molecule has 116 valence electrons. The first-order valence-electron chi connectivity index (χ1n) is 7.31. The van der Waals surface area contributed by atoms with Crippen molar-refractivity contribution >= 4 is 11.6 Å². The highest BCUT2D eigenvalue weighted by Gasteiger charge is 2.14. The van der Waals surface area contributed by atoms with Gasteiger partial charge in [0.1, 0.15) is 5.75 Å². The monoisotopic (exact) mass is 307 g/mol. The summed E-state index contributed by atoms with van der Waals surface area (Å²) in [4.78, 5) is 4.61. The summed E-state index contributed by atoms with van der Waals surface area (Å²) in [6.45, 7) is 2.06. The zero-order chi connectivity index (χ0) is 16.2. The number of ether oxygens (including phenoxy) is 1. The highest BCUT2D eigenvalue weighted by Crippen LogP contribution is 2.20. The molecule has 23 heavy (non-hydrogen) atoms. The van der Waals surface area contributed by atoms with Crippen molar-refractivity contribution in [3.8, 4) is 17.0 Å². The van der Waals surface area contributed by atoms with Crippen molar-refractivity contribution in [2.45, 2.75) is 6.92 Å². The molecule has 1 heterocycles. The van der Waals surface area contributed by atoms with Crippen LogP contribution in [0.15, 0.2) is 60.8 Å². The Morgan fingerprint density at radius 3 is 2.35 bits per heavy atom. The Morgan fingerprint density at radius 1 is 1.00 bits per heavy atom. The molecule has 0 unspecified atom stereocenters. The van der Waals surface area contributed by atoms with Crippen molar-refractivity contribution in [2.24, 2.45) is 0 Å². The Bertz CT molecular complexity index is 798. The lowest BCUT2D eigenvalue weighted by atomic mass is 10.1. The maximum atomic E-state index is 5.96. The number of benzene rings is 2. The van der Waals surface area contributed by atoms with Gasteiger partial charge in [-0.15, -0.1) is 4.68 Å². The minimum absolute atomic E-state index is 0.563. The average molecular weight is 307 g/mol. The minimum Gasteiger partial charge on any atom is -0.497 e. The molecular formula is C18H19N4O+. The Hall–Kier alpha value is -3.08. The number of hydrogen-bond acceptors (Lipinski definition) is 4. The van der Waals surface area contributed by atoms with E-state index in [0.29, 0.717) is 5.95 Å². The van der Waals surface area contributed by atoms with Crippen molar-refractivity contribution in [1.29, 1.82) is 0 Å². The third-order valence-corrected chi connectivity index (χ3v) is 3.56. The predicted octanol–water partition coefficient (Wildman–Crippen LogP) is 2.81.